The first-order chi connectivity index (χ1) is 5.45. The maximum Gasteiger partial charge on any atom is 0.328 e. The van der Waals surface area contributed by atoms with Crippen molar-refractivity contribution in [2.75, 3.05) is 12.8 Å². The van der Waals surface area contributed by atoms with Gasteiger partial charge in [-0.25, -0.2) is 17.9 Å². The molecule has 2 N–H and O–H groups in total. The Kier molecular flexibility index (Phi) is 4.65. The molecule has 0 bridgehead atoms. The standard InChI is InChI=1S/C6H14N2O3S/c1-3-4-5-7-6(9)8-12(2,10)11/h3-5H2,1-2H3,(H2,7,8,9). The Labute approximate surface area is 72.6 Å². The molecule has 0 atom stereocenters. The highest BCUT2D eigenvalue weighted by molar-refractivity contribution is 7.89. The summed E-state index contributed by atoms with van der Waals surface area (Å²) in [6, 6.07) is -0.661. The van der Waals surface area contributed by atoms with Crippen LogP contribution in [0.15, 0.2) is 0 Å². The van der Waals surface area contributed by atoms with Crippen LogP contribution < -0.4 is 10.0 Å². The van der Waals surface area contributed by atoms with E-state index < -0.39 is 16.1 Å². The van der Waals surface area contributed by atoms with Crippen LogP contribution in [-0.2, 0) is 10.0 Å². The van der Waals surface area contributed by atoms with Gasteiger partial charge in [-0.2, -0.15) is 0 Å². The zero-order valence-corrected chi connectivity index (χ0v) is 8.07. The molecule has 0 aliphatic heterocycles. The van der Waals surface area contributed by atoms with Gasteiger partial charge in [0.15, 0.2) is 0 Å². The van der Waals surface area contributed by atoms with Crippen molar-refractivity contribution in [3.63, 3.8) is 0 Å². The summed E-state index contributed by atoms with van der Waals surface area (Å²) in [5, 5.41) is 2.41. The highest BCUT2D eigenvalue weighted by atomic mass is 32.2. The first-order valence-corrected chi connectivity index (χ1v) is 5.60. The topological polar surface area (TPSA) is 75.3 Å². The molecule has 0 fully saturated rings. The van der Waals surface area contributed by atoms with Gasteiger partial charge in [0.25, 0.3) is 0 Å². The van der Waals surface area contributed by atoms with E-state index in [0.29, 0.717) is 6.54 Å². The van der Waals surface area contributed by atoms with E-state index in [1.165, 1.54) is 0 Å². The molecule has 0 saturated carbocycles. The molecular formula is C6H14N2O3S. The minimum absolute atomic E-state index is 0.498. The molecule has 6 heteroatoms. The summed E-state index contributed by atoms with van der Waals surface area (Å²) in [6.45, 7) is 2.48. The third-order valence-electron chi connectivity index (χ3n) is 1.09. The molecule has 0 unspecified atom stereocenters. The average Bonchev–Trinajstić information content (AvgIpc) is 1.84. The summed E-state index contributed by atoms with van der Waals surface area (Å²) in [6.07, 6.45) is 2.74. The van der Waals surface area contributed by atoms with Gasteiger partial charge in [-0.05, 0) is 6.42 Å². The van der Waals surface area contributed by atoms with Gasteiger partial charge in [0.2, 0.25) is 10.0 Å². The van der Waals surface area contributed by atoms with Gasteiger partial charge in [-0.1, -0.05) is 13.3 Å². The Balaban J connectivity index is 3.62. The molecule has 0 aromatic heterocycles. The van der Waals surface area contributed by atoms with E-state index in [9.17, 15) is 13.2 Å². The molecule has 0 aliphatic carbocycles. The van der Waals surface area contributed by atoms with Crippen LogP contribution in [-0.4, -0.2) is 27.2 Å². The molecule has 0 aromatic carbocycles. The Hall–Kier alpha value is -0.780. The van der Waals surface area contributed by atoms with E-state index in [-0.39, 0.29) is 0 Å². The van der Waals surface area contributed by atoms with Crippen molar-refractivity contribution < 1.29 is 13.2 Å². The lowest BCUT2D eigenvalue weighted by Gasteiger charge is -2.03. The Bertz CT molecular complexity index is 235. The number of rotatable bonds is 4. The van der Waals surface area contributed by atoms with Gasteiger partial charge in [0.05, 0.1) is 6.26 Å². The molecular weight excluding hydrogens is 180 g/mol. The van der Waals surface area contributed by atoms with E-state index in [1.807, 2.05) is 6.92 Å². The first kappa shape index (κ1) is 11.2. The molecule has 5 nitrogen and oxygen atoms in total. The van der Waals surface area contributed by atoms with Crippen LogP contribution in [0, 0.1) is 0 Å². The van der Waals surface area contributed by atoms with Gasteiger partial charge >= 0.3 is 6.03 Å². The van der Waals surface area contributed by atoms with Crippen molar-refractivity contribution in [1.82, 2.24) is 10.0 Å². The molecule has 72 valence electrons. The maximum absolute atomic E-state index is 10.7. The molecule has 0 rings (SSSR count). The minimum Gasteiger partial charge on any atom is -0.337 e. The summed E-state index contributed by atoms with van der Waals surface area (Å²) in [5.74, 6) is 0. The van der Waals surface area contributed by atoms with E-state index in [0.717, 1.165) is 19.1 Å². The van der Waals surface area contributed by atoms with Crippen molar-refractivity contribution in [2.24, 2.45) is 0 Å². The zero-order valence-electron chi connectivity index (χ0n) is 7.25. The molecule has 0 aromatic rings. The third-order valence-corrected chi connectivity index (χ3v) is 1.65. The van der Waals surface area contributed by atoms with E-state index in [4.69, 9.17) is 0 Å². The van der Waals surface area contributed by atoms with Crippen LogP contribution in [0.3, 0.4) is 0 Å². The molecule has 0 spiro atoms. The van der Waals surface area contributed by atoms with Crippen molar-refractivity contribution in [3.05, 3.63) is 0 Å². The number of carbonyl (C=O) groups excluding carboxylic acids is 1. The largest absolute Gasteiger partial charge is 0.337 e. The first-order valence-electron chi connectivity index (χ1n) is 3.71. The predicted octanol–water partition coefficient (Wildman–Crippen LogP) is 0.0453. The second kappa shape index (κ2) is 4.97. The fourth-order valence-electron chi connectivity index (χ4n) is 0.583. The number of unbranched alkanes of at least 4 members (excludes halogenated alkanes) is 1. The predicted molar refractivity (Wildman–Crippen MR) is 46.3 cm³/mol. The van der Waals surface area contributed by atoms with E-state index >= 15 is 0 Å². The van der Waals surface area contributed by atoms with Gasteiger partial charge in [-0.15, -0.1) is 0 Å². The van der Waals surface area contributed by atoms with Gasteiger partial charge in [-0.3, -0.25) is 0 Å². The lowest BCUT2D eigenvalue weighted by molar-refractivity contribution is 0.245. The van der Waals surface area contributed by atoms with E-state index in [1.54, 1.807) is 4.72 Å². The van der Waals surface area contributed by atoms with Crippen molar-refractivity contribution in [3.8, 4) is 0 Å². The molecule has 0 radical (unpaired) electrons. The van der Waals surface area contributed by atoms with Crippen LogP contribution in [0.5, 0.6) is 0 Å². The number of hydrogen-bond acceptors (Lipinski definition) is 3. The Morgan fingerprint density at radius 2 is 2.00 bits per heavy atom. The Morgan fingerprint density at radius 3 is 2.42 bits per heavy atom. The van der Waals surface area contributed by atoms with Crippen LogP contribution in [0.1, 0.15) is 19.8 Å². The summed E-state index contributed by atoms with van der Waals surface area (Å²) in [4.78, 5) is 10.7. The average molecular weight is 194 g/mol. The van der Waals surface area contributed by atoms with E-state index in [2.05, 4.69) is 5.32 Å². The van der Waals surface area contributed by atoms with Gasteiger partial charge in [0.1, 0.15) is 0 Å². The summed E-state index contributed by atoms with van der Waals surface area (Å²) < 4.78 is 22.8. The normalized spacial score (nSPS) is 10.8. The second-order valence-corrected chi connectivity index (χ2v) is 4.23. The monoisotopic (exact) mass is 194 g/mol. The van der Waals surface area contributed by atoms with Crippen molar-refractivity contribution in [2.45, 2.75) is 19.8 Å². The lowest BCUT2D eigenvalue weighted by atomic mass is 10.3. The third kappa shape index (κ3) is 7.33. The minimum atomic E-state index is -3.42. The number of hydrogen-bond donors (Lipinski definition) is 2. The molecule has 0 heterocycles. The summed E-state index contributed by atoms with van der Waals surface area (Å²) >= 11 is 0. The molecule has 12 heavy (non-hydrogen) atoms. The Morgan fingerprint density at radius 1 is 1.42 bits per heavy atom. The fourth-order valence-corrected chi connectivity index (χ4v) is 0.992. The summed E-state index contributed by atoms with van der Waals surface area (Å²) in [5.41, 5.74) is 0. The quantitative estimate of drug-likeness (QED) is 0.621. The lowest BCUT2D eigenvalue weighted by Crippen LogP contribution is -2.39. The number of nitrogens with one attached hydrogen (secondary N) is 2. The summed E-state index contributed by atoms with van der Waals surface area (Å²) in [7, 11) is -3.42. The fraction of sp³-hybridized carbons (Fsp3) is 0.833. The zero-order chi connectivity index (χ0) is 9.61. The molecule has 2 amide bonds. The highest BCUT2D eigenvalue weighted by Crippen LogP contribution is 1.82. The SMILES string of the molecule is CCCCNC(=O)NS(C)(=O)=O. The number of urea groups is 1. The van der Waals surface area contributed by atoms with Crippen molar-refractivity contribution >= 4 is 16.1 Å². The van der Waals surface area contributed by atoms with Crippen LogP contribution in [0.2, 0.25) is 0 Å². The number of sulfonamides is 1. The molecule has 0 aliphatic rings. The van der Waals surface area contributed by atoms with Gasteiger partial charge in [0, 0.05) is 6.54 Å². The van der Waals surface area contributed by atoms with Crippen molar-refractivity contribution in [1.29, 1.82) is 0 Å². The number of carbonyl (C=O) groups is 1. The highest BCUT2D eigenvalue weighted by Gasteiger charge is 2.05. The smallest absolute Gasteiger partial charge is 0.328 e. The maximum atomic E-state index is 10.7. The van der Waals surface area contributed by atoms with Crippen LogP contribution in [0.4, 0.5) is 4.79 Å². The van der Waals surface area contributed by atoms with Crippen LogP contribution >= 0.6 is 0 Å². The second-order valence-electron chi connectivity index (χ2n) is 2.48. The number of amides is 2. The van der Waals surface area contributed by atoms with Gasteiger partial charge < -0.3 is 5.32 Å². The van der Waals surface area contributed by atoms with Crippen LogP contribution in [0.25, 0.3) is 0 Å². The molecule has 0 saturated heterocycles.